The molecule has 0 saturated heterocycles. The number of amidine groups is 1. The normalized spacial score (nSPS) is 23.6. The number of ether oxygens (including phenoxy) is 2. The van der Waals surface area contributed by atoms with Crippen LogP contribution >= 0.6 is 11.6 Å². The number of alkyl halides is 3. The van der Waals surface area contributed by atoms with Crippen LogP contribution in [0.25, 0.3) is 0 Å². The van der Waals surface area contributed by atoms with Crippen molar-refractivity contribution in [2.45, 2.75) is 37.6 Å². The van der Waals surface area contributed by atoms with Crippen molar-refractivity contribution in [1.29, 1.82) is 0 Å². The van der Waals surface area contributed by atoms with Gasteiger partial charge in [-0.25, -0.2) is 14.4 Å². The predicted molar refractivity (Wildman–Crippen MR) is 129 cm³/mol. The van der Waals surface area contributed by atoms with E-state index in [1.165, 1.54) is 13.0 Å². The van der Waals surface area contributed by atoms with Crippen LogP contribution in [-0.2, 0) is 21.4 Å². The number of hydrogen-bond donors (Lipinski definition) is 2. The molecule has 0 radical (unpaired) electrons. The molecule has 0 aliphatic carbocycles. The smallest absolute Gasteiger partial charge is 0.385 e. The molecule has 2 aromatic heterocycles. The van der Waals surface area contributed by atoms with Crippen LogP contribution in [0.15, 0.2) is 23.2 Å². The number of carbonyl (C=O) groups is 1. The number of carbonyl (C=O) groups excluding carboxylic acids is 1. The third-order valence-electron chi connectivity index (χ3n) is 6.41. The van der Waals surface area contributed by atoms with E-state index in [4.69, 9.17) is 26.8 Å². The highest BCUT2D eigenvalue weighted by atomic mass is 35.5. The minimum Gasteiger partial charge on any atom is -0.385 e. The van der Waals surface area contributed by atoms with Crippen molar-refractivity contribution in [2.24, 2.45) is 10.7 Å². The molecule has 0 unspecified atom stereocenters. The Morgan fingerprint density at radius 3 is 2.70 bits per heavy atom. The summed E-state index contributed by atoms with van der Waals surface area (Å²) in [6, 6.07) is 3.86. The van der Waals surface area contributed by atoms with Gasteiger partial charge in [0.1, 0.15) is 34.4 Å². The molecular weight excluding hydrogens is 520 g/mol. The van der Waals surface area contributed by atoms with Crippen molar-refractivity contribution in [3.05, 3.63) is 46.1 Å². The van der Waals surface area contributed by atoms with Crippen molar-refractivity contribution in [2.75, 3.05) is 43.6 Å². The fraction of sp³-hybridized carbons (Fsp3) is 0.478. The van der Waals surface area contributed by atoms with Crippen molar-refractivity contribution in [3.8, 4) is 0 Å². The largest absolute Gasteiger partial charge is 0.424 e. The number of nitrogens with one attached hydrogen (secondary N) is 1. The van der Waals surface area contributed by atoms with Crippen molar-refractivity contribution >= 4 is 34.8 Å². The molecule has 0 aromatic carbocycles. The average Bonchev–Trinajstić information content (AvgIpc) is 3.21. The number of nitrogens with zero attached hydrogens (tertiary/aromatic N) is 4. The van der Waals surface area contributed by atoms with Crippen molar-refractivity contribution in [3.63, 3.8) is 0 Å². The molecule has 3 N–H and O–H groups in total. The number of halogens is 5. The summed E-state index contributed by atoms with van der Waals surface area (Å²) >= 11 is 6.35. The molecule has 0 spiro atoms. The Labute approximate surface area is 215 Å². The molecule has 200 valence electrons. The summed E-state index contributed by atoms with van der Waals surface area (Å²) in [4.78, 5) is 27.4. The fourth-order valence-electron chi connectivity index (χ4n) is 4.11. The topological polar surface area (TPSA) is 115 Å². The number of methoxy groups -OCH3 is 1. The first-order valence-corrected chi connectivity index (χ1v) is 11.6. The molecular formula is C23H25ClF4N6O3. The standard InChI is InChI=1S/C23H25ClF4N6O3/c1-21(11-37-22(2,20(29)33-21)23(26,27)28)18-13(25)4-5-16(31-18)32-19(35)17-12(24)10-15-14(30-17)6-7-34(15)8-9-36-3/h4-5,10H,6-9,11H2,1-3H3,(H2,29,33)(H,31,32,35)/t21-,22+/m0/s1. The molecule has 2 aromatic rings. The first-order chi connectivity index (χ1) is 17.3. The lowest BCUT2D eigenvalue weighted by molar-refractivity contribution is -0.249. The lowest BCUT2D eigenvalue weighted by Crippen LogP contribution is -2.60. The summed E-state index contributed by atoms with van der Waals surface area (Å²) in [7, 11) is 1.60. The van der Waals surface area contributed by atoms with Gasteiger partial charge < -0.3 is 25.4 Å². The number of aromatic nitrogens is 2. The van der Waals surface area contributed by atoms with E-state index in [2.05, 4.69) is 25.2 Å². The second-order valence-electron chi connectivity index (χ2n) is 9.09. The van der Waals surface area contributed by atoms with Gasteiger partial charge in [0.2, 0.25) is 5.60 Å². The quantitative estimate of drug-likeness (QED) is 0.535. The van der Waals surface area contributed by atoms with Crippen LogP contribution in [0.2, 0.25) is 5.02 Å². The van der Waals surface area contributed by atoms with E-state index < -0.39 is 41.5 Å². The molecule has 2 aliphatic rings. The van der Waals surface area contributed by atoms with E-state index in [1.807, 2.05) is 0 Å². The van der Waals surface area contributed by atoms with Gasteiger partial charge in [-0.15, -0.1) is 0 Å². The number of aliphatic imine (C=N–C) groups is 1. The number of amides is 1. The van der Waals surface area contributed by atoms with Gasteiger partial charge in [-0.05, 0) is 32.0 Å². The maximum absolute atomic E-state index is 14.7. The molecule has 14 heteroatoms. The number of nitrogens with two attached hydrogens (primary N) is 1. The molecule has 0 bridgehead atoms. The highest BCUT2D eigenvalue weighted by molar-refractivity contribution is 6.34. The maximum Gasteiger partial charge on any atom is 0.424 e. The molecule has 4 heterocycles. The summed E-state index contributed by atoms with van der Waals surface area (Å²) in [6.45, 7) is 3.30. The van der Waals surface area contributed by atoms with E-state index in [9.17, 15) is 22.4 Å². The number of anilines is 2. The van der Waals surface area contributed by atoms with Crippen molar-refractivity contribution < 1.29 is 31.8 Å². The molecule has 9 nitrogen and oxygen atoms in total. The molecule has 2 atom stereocenters. The Hall–Kier alpha value is -3.03. The Morgan fingerprint density at radius 1 is 1.32 bits per heavy atom. The molecule has 1 amide bonds. The molecule has 2 aliphatic heterocycles. The predicted octanol–water partition coefficient (Wildman–Crippen LogP) is 3.45. The summed E-state index contributed by atoms with van der Waals surface area (Å²) in [6.07, 6.45) is -4.21. The zero-order valence-electron chi connectivity index (χ0n) is 20.2. The lowest BCUT2D eigenvalue weighted by Gasteiger charge is -2.40. The van der Waals surface area contributed by atoms with Gasteiger partial charge in [-0.1, -0.05) is 11.6 Å². The number of fused-ring (bicyclic) bond motifs is 1. The fourth-order valence-corrected chi connectivity index (χ4v) is 4.34. The van der Waals surface area contributed by atoms with E-state index in [-0.39, 0.29) is 22.2 Å². The minimum atomic E-state index is -4.83. The Balaban J connectivity index is 1.59. The van der Waals surface area contributed by atoms with Gasteiger partial charge in [0.05, 0.1) is 29.6 Å². The molecule has 4 rings (SSSR count). The van der Waals surface area contributed by atoms with Crippen molar-refractivity contribution in [1.82, 2.24) is 9.97 Å². The third-order valence-corrected chi connectivity index (χ3v) is 6.70. The summed E-state index contributed by atoms with van der Waals surface area (Å²) in [5.41, 5.74) is 2.24. The lowest BCUT2D eigenvalue weighted by atomic mass is 9.93. The summed E-state index contributed by atoms with van der Waals surface area (Å²) < 4.78 is 65.2. The minimum absolute atomic E-state index is 0.0443. The number of pyridine rings is 2. The van der Waals surface area contributed by atoms with E-state index in [1.54, 1.807) is 13.2 Å². The van der Waals surface area contributed by atoms with E-state index in [0.29, 0.717) is 31.8 Å². The Morgan fingerprint density at radius 2 is 2.05 bits per heavy atom. The monoisotopic (exact) mass is 544 g/mol. The van der Waals surface area contributed by atoms with Gasteiger partial charge in [0, 0.05) is 26.6 Å². The van der Waals surface area contributed by atoms with E-state index >= 15 is 0 Å². The van der Waals surface area contributed by atoms with Crippen LogP contribution in [0.5, 0.6) is 0 Å². The Bertz CT molecular complexity index is 1260. The second-order valence-corrected chi connectivity index (χ2v) is 9.49. The van der Waals surface area contributed by atoms with Gasteiger partial charge in [0.25, 0.3) is 5.91 Å². The van der Waals surface area contributed by atoms with Crippen LogP contribution in [0.4, 0.5) is 29.1 Å². The Kier molecular flexibility index (Phi) is 7.08. The van der Waals surface area contributed by atoms with E-state index in [0.717, 1.165) is 18.7 Å². The average molecular weight is 545 g/mol. The number of rotatable bonds is 6. The highest BCUT2D eigenvalue weighted by Gasteiger charge is 2.59. The second kappa shape index (κ2) is 9.69. The van der Waals surface area contributed by atoms with Crippen LogP contribution < -0.4 is 16.0 Å². The first-order valence-electron chi connectivity index (χ1n) is 11.3. The van der Waals surface area contributed by atoms with Gasteiger partial charge >= 0.3 is 6.18 Å². The van der Waals surface area contributed by atoms with Gasteiger partial charge in [-0.2, -0.15) is 13.2 Å². The maximum atomic E-state index is 14.7. The molecule has 0 saturated carbocycles. The molecule has 37 heavy (non-hydrogen) atoms. The zero-order chi connectivity index (χ0) is 27.2. The van der Waals surface area contributed by atoms with Crippen LogP contribution in [0, 0.1) is 5.82 Å². The number of hydrogen-bond acceptors (Lipinski definition) is 8. The van der Waals surface area contributed by atoms with Crippen LogP contribution in [0.3, 0.4) is 0 Å². The zero-order valence-corrected chi connectivity index (χ0v) is 21.0. The van der Waals surface area contributed by atoms with Gasteiger partial charge in [-0.3, -0.25) is 9.79 Å². The SMILES string of the molecule is COCCN1CCc2nc(C(=O)Nc3ccc(F)c([C@]4(C)CO[C@@](C)(C(F)(F)F)C(N)=N4)n3)c(Cl)cc21. The van der Waals surface area contributed by atoms with Crippen LogP contribution in [-0.4, -0.2) is 66.9 Å². The van der Waals surface area contributed by atoms with Crippen LogP contribution in [0.1, 0.15) is 35.7 Å². The first kappa shape index (κ1) is 27.0. The molecule has 0 fully saturated rings. The summed E-state index contributed by atoms with van der Waals surface area (Å²) in [5.74, 6) is -2.49. The third kappa shape index (κ3) is 4.94. The highest BCUT2D eigenvalue weighted by Crippen LogP contribution is 2.41. The van der Waals surface area contributed by atoms with Gasteiger partial charge in [0.15, 0.2) is 0 Å². The summed E-state index contributed by atoms with van der Waals surface area (Å²) in [5, 5.41) is 2.62.